The van der Waals surface area contributed by atoms with E-state index in [-0.39, 0.29) is 13.0 Å². The molecule has 0 aromatic carbocycles. The van der Waals surface area contributed by atoms with Gasteiger partial charge in [0.2, 0.25) is 0 Å². The highest BCUT2D eigenvalue weighted by molar-refractivity contribution is 7.86. The van der Waals surface area contributed by atoms with E-state index in [0.29, 0.717) is 6.92 Å². The van der Waals surface area contributed by atoms with E-state index in [1.165, 1.54) is 20.8 Å². The third-order valence-corrected chi connectivity index (χ3v) is 7.42. The highest BCUT2D eigenvalue weighted by Crippen LogP contribution is 2.43. The van der Waals surface area contributed by atoms with Crippen molar-refractivity contribution < 1.29 is 63.5 Å². The lowest BCUT2D eigenvalue weighted by atomic mass is 9.69. The molecule has 0 saturated carbocycles. The summed E-state index contributed by atoms with van der Waals surface area (Å²) >= 11 is 0. The summed E-state index contributed by atoms with van der Waals surface area (Å²) in [6, 6.07) is 0. The van der Waals surface area contributed by atoms with Crippen molar-refractivity contribution in [1.29, 1.82) is 0 Å². The van der Waals surface area contributed by atoms with E-state index >= 15 is 0 Å². The van der Waals surface area contributed by atoms with Gasteiger partial charge in [0, 0.05) is 13.0 Å². The zero-order chi connectivity index (χ0) is 30.4. The summed E-state index contributed by atoms with van der Waals surface area (Å²) in [5, 5.41) is 10.2. The lowest BCUT2D eigenvalue weighted by Gasteiger charge is -2.38. The van der Waals surface area contributed by atoms with Gasteiger partial charge in [-0.1, -0.05) is 6.92 Å². The summed E-state index contributed by atoms with van der Waals surface area (Å²) < 4.78 is 119. The lowest BCUT2D eigenvalue weighted by Crippen LogP contribution is -2.46. The molecule has 0 saturated heterocycles. The van der Waals surface area contributed by atoms with Gasteiger partial charge in [-0.3, -0.25) is 14.1 Å². The second kappa shape index (κ2) is 13.1. The molecule has 9 nitrogen and oxygen atoms in total. The molecule has 0 rings (SSSR count). The zero-order valence-corrected chi connectivity index (χ0v) is 22.9. The second-order valence-corrected chi connectivity index (χ2v) is 12.1. The average molecular weight is 590 g/mol. The Balaban J connectivity index is 5.78. The Morgan fingerprint density at radius 1 is 0.947 bits per heavy atom. The minimum absolute atomic E-state index is 0.0233. The monoisotopic (exact) mass is 589 g/mol. The number of hydrogen-bond acceptors (Lipinski definition) is 8. The molecule has 16 heteroatoms. The quantitative estimate of drug-likeness (QED) is 0.113. The number of nitrogens with one attached hydrogen (secondary N) is 1. The van der Waals surface area contributed by atoms with Crippen LogP contribution >= 0.6 is 0 Å². The first-order chi connectivity index (χ1) is 16.8. The Morgan fingerprint density at radius 2 is 1.47 bits per heavy atom. The van der Waals surface area contributed by atoms with Crippen LogP contribution in [0.5, 0.6) is 0 Å². The Labute approximate surface area is 218 Å². The minimum Gasteiger partial charge on any atom is -0.464 e. The molecular formula is C22H37F6NO8S. The molecule has 0 fully saturated rings. The maximum atomic E-state index is 13.0. The van der Waals surface area contributed by atoms with E-state index in [1.807, 2.05) is 5.32 Å². The predicted octanol–water partition coefficient (Wildman–Crippen LogP) is 3.80. The molecule has 0 heterocycles. The first-order valence-corrected chi connectivity index (χ1v) is 13.2. The summed E-state index contributed by atoms with van der Waals surface area (Å²) in [5.41, 5.74) is -6.51. The van der Waals surface area contributed by atoms with Gasteiger partial charge in [-0.25, -0.2) is 0 Å². The molecule has 0 aromatic heterocycles. The van der Waals surface area contributed by atoms with E-state index in [1.54, 1.807) is 0 Å². The van der Waals surface area contributed by atoms with Crippen LogP contribution in [-0.2, 0) is 29.2 Å². The van der Waals surface area contributed by atoms with Crippen molar-refractivity contribution in [3.8, 4) is 0 Å². The van der Waals surface area contributed by atoms with Gasteiger partial charge in [-0.15, -0.1) is 0 Å². The minimum atomic E-state index is -5.00. The van der Waals surface area contributed by atoms with Crippen LogP contribution in [0.3, 0.4) is 0 Å². The van der Waals surface area contributed by atoms with E-state index in [4.69, 9.17) is 9.47 Å². The van der Waals surface area contributed by atoms with Gasteiger partial charge in [0.25, 0.3) is 10.1 Å². The normalized spacial score (nSPS) is 19.4. The molecule has 0 amide bonds. The van der Waals surface area contributed by atoms with Crippen molar-refractivity contribution in [3.05, 3.63) is 0 Å². The zero-order valence-electron chi connectivity index (χ0n) is 22.1. The molecule has 0 aromatic rings. The highest BCUT2D eigenvalue weighted by Gasteiger charge is 2.52. The number of halogens is 6. The van der Waals surface area contributed by atoms with Crippen molar-refractivity contribution in [2.24, 2.45) is 10.8 Å². The summed E-state index contributed by atoms with van der Waals surface area (Å²) in [5.74, 6) is -2.10. The molecule has 0 bridgehead atoms. The molecule has 226 valence electrons. The molecular weight excluding hydrogens is 552 g/mol. The smallest absolute Gasteiger partial charge is 0.417 e. The number of aliphatic hydroxyl groups is 1. The standard InChI is InChI=1S/C22H37F6NO8S/c1-7-18(4,17(31)37-14(2)10-20(6,32)22(26,27)28)12-19(5,11-15(3)38(33,34)35)16(30)36-9-8-29-13-21(23,24)25/h14-15,29,32H,7-13H2,1-6H3,(H,33,34,35). The number of carbonyl (C=O) groups is 2. The van der Waals surface area contributed by atoms with Crippen LogP contribution in [0.15, 0.2) is 0 Å². The molecule has 38 heavy (non-hydrogen) atoms. The maximum absolute atomic E-state index is 13.0. The number of esters is 2. The van der Waals surface area contributed by atoms with Crippen LogP contribution in [0, 0.1) is 10.8 Å². The predicted molar refractivity (Wildman–Crippen MR) is 123 cm³/mol. The molecule has 0 aliphatic heterocycles. The summed E-state index contributed by atoms with van der Waals surface area (Å²) in [7, 11) is -4.65. The third-order valence-electron chi connectivity index (χ3n) is 6.23. The first-order valence-electron chi connectivity index (χ1n) is 11.7. The summed E-state index contributed by atoms with van der Waals surface area (Å²) in [6.07, 6.45) is -12.9. The Hall–Kier alpha value is -1.65. The maximum Gasteiger partial charge on any atom is 0.417 e. The molecule has 0 radical (unpaired) electrons. The number of ether oxygens (including phenoxy) is 2. The fourth-order valence-corrected chi connectivity index (χ4v) is 4.41. The van der Waals surface area contributed by atoms with Gasteiger partial charge in [-0.2, -0.15) is 34.8 Å². The van der Waals surface area contributed by atoms with Crippen LogP contribution in [0.2, 0.25) is 0 Å². The van der Waals surface area contributed by atoms with Crippen molar-refractivity contribution in [3.63, 3.8) is 0 Å². The Bertz CT molecular complexity index is 908. The third kappa shape index (κ3) is 11.6. The van der Waals surface area contributed by atoms with Crippen LogP contribution in [0.1, 0.15) is 67.2 Å². The van der Waals surface area contributed by atoms with Crippen molar-refractivity contribution in [2.75, 3.05) is 19.7 Å². The van der Waals surface area contributed by atoms with Crippen molar-refractivity contribution in [1.82, 2.24) is 5.32 Å². The van der Waals surface area contributed by atoms with Crippen LogP contribution in [-0.4, -0.2) is 79.0 Å². The molecule has 5 atom stereocenters. The number of alkyl halides is 6. The van der Waals surface area contributed by atoms with Gasteiger partial charge >= 0.3 is 24.3 Å². The van der Waals surface area contributed by atoms with Gasteiger partial charge in [0.1, 0.15) is 12.7 Å². The fraction of sp³-hybridized carbons (Fsp3) is 0.909. The first kappa shape index (κ1) is 36.4. The number of carbonyl (C=O) groups excluding carboxylic acids is 2. The van der Waals surface area contributed by atoms with Gasteiger partial charge < -0.3 is 19.9 Å². The fourth-order valence-electron chi connectivity index (χ4n) is 3.83. The number of hydrogen-bond donors (Lipinski definition) is 3. The van der Waals surface area contributed by atoms with E-state index in [2.05, 4.69) is 0 Å². The van der Waals surface area contributed by atoms with Gasteiger partial charge in [0.15, 0.2) is 5.60 Å². The van der Waals surface area contributed by atoms with E-state index in [9.17, 15) is 54.0 Å². The molecule has 0 aliphatic rings. The van der Waals surface area contributed by atoms with Crippen LogP contribution in [0.4, 0.5) is 26.3 Å². The average Bonchev–Trinajstić information content (AvgIpc) is 2.70. The van der Waals surface area contributed by atoms with Crippen molar-refractivity contribution in [2.45, 2.75) is 96.5 Å². The SMILES string of the molecule is CCC(C)(CC(C)(CC(C)S(=O)(=O)O)C(=O)OCCNCC(F)(F)F)C(=O)OC(C)CC(C)(O)C(F)(F)F. The largest absolute Gasteiger partial charge is 0.464 e. The van der Waals surface area contributed by atoms with E-state index < -0.39 is 94.6 Å². The Kier molecular flexibility index (Phi) is 12.6. The molecule has 0 aliphatic carbocycles. The molecule has 3 N–H and O–H groups in total. The van der Waals surface area contributed by atoms with Crippen LogP contribution in [0.25, 0.3) is 0 Å². The second-order valence-electron chi connectivity index (χ2n) is 10.3. The number of rotatable bonds is 15. The lowest BCUT2D eigenvalue weighted by molar-refractivity contribution is -0.261. The Morgan fingerprint density at radius 3 is 1.89 bits per heavy atom. The summed E-state index contributed by atoms with van der Waals surface area (Å²) in [4.78, 5) is 26.0. The summed E-state index contributed by atoms with van der Waals surface area (Å²) in [6.45, 7) is 4.56. The topological polar surface area (TPSA) is 139 Å². The molecule has 0 spiro atoms. The van der Waals surface area contributed by atoms with Crippen LogP contribution < -0.4 is 5.32 Å². The van der Waals surface area contributed by atoms with Gasteiger partial charge in [-0.05, 0) is 53.9 Å². The van der Waals surface area contributed by atoms with E-state index in [0.717, 1.165) is 13.8 Å². The van der Waals surface area contributed by atoms with Gasteiger partial charge in [0.05, 0.1) is 22.6 Å². The highest BCUT2D eigenvalue weighted by atomic mass is 32.2. The molecule has 5 unspecified atom stereocenters. The van der Waals surface area contributed by atoms with Crippen molar-refractivity contribution >= 4 is 22.1 Å².